The van der Waals surface area contributed by atoms with Crippen molar-refractivity contribution < 1.29 is 19.4 Å². The molecule has 0 aliphatic rings. The van der Waals surface area contributed by atoms with Crippen molar-refractivity contribution in [2.24, 2.45) is 5.92 Å². The van der Waals surface area contributed by atoms with Crippen LogP contribution >= 0.6 is 11.6 Å². The van der Waals surface area contributed by atoms with Crippen molar-refractivity contribution in [1.29, 1.82) is 0 Å². The van der Waals surface area contributed by atoms with Crippen molar-refractivity contribution in [3.63, 3.8) is 0 Å². The number of nitrogens with one attached hydrogen (secondary N) is 2. The fraction of sp³-hybridized carbons (Fsp3) is 0.385. The lowest BCUT2D eigenvalue weighted by Crippen LogP contribution is -2.33. The maximum absolute atomic E-state index is 11.6. The van der Waals surface area contributed by atoms with E-state index in [9.17, 15) is 9.59 Å². The van der Waals surface area contributed by atoms with Crippen LogP contribution in [0.15, 0.2) is 18.2 Å². The first kappa shape index (κ1) is 16.3. The molecule has 0 spiro atoms. The number of anilines is 1. The lowest BCUT2D eigenvalue weighted by molar-refractivity contribution is 0.0697. The molecule has 1 rings (SSSR count). The van der Waals surface area contributed by atoms with Crippen LogP contribution < -0.4 is 10.6 Å². The number of carboxylic acid groups (broad SMARTS) is 1. The van der Waals surface area contributed by atoms with Gasteiger partial charge in [-0.25, -0.2) is 9.59 Å². The molecular weight excluding hydrogens is 284 g/mol. The number of rotatable bonds is 6. The summed E-state index contributed by atoms with van der Waals surface area (Å²) in [6.45, 7) is 2.94. The van der Waals surface area contributed by atoms with Gasteiger partial charge in [-0.1, -0.05) is 18.5 Å². The molecular formula is C13H17ClN2O4. The summed E-state index contributed by atoms with van der Waals surface area (Å²) in [5.41, 5.74) is 0.306. The summed E-state index contributed by atoms with van der Waals surface area (Å²) in [6, 6.07) is 3.86. The minimum absolute atomic E-state index is 0.0581. The van der Waals surface area contributed by atoms with Crippen LogP contribution in [0.3, 0.4) is 0 Å². The van der Waals surface area contributed by atoms with Crippen LogP contribution in [0.2, 0.25) is 5.02 Å². The lowest BCUT2D eigenvalue weighted by Gasteiger charge is -2.12. The molecule has 1 unspecified atom stereocenters. The second-order valence-electron chi connectivity index (χ2n) is 4.40. The molecule has 1 atom stereocenters. The van der Waals surface area contributed by atoms with Gasteiger partial charge >= 0.3 is 12.0 Å². The third-order valence-electron chi connectivity index (χ3n) is 2.52. The molecule has 110 valence electrons. The van der Waals surface area contributed by atoms with E-state index in [2.05, 4.69) is 10.6 Å². The van der Waals surface area contributed by atoms with E-state index in [0.29, 0.717) is 18.8 Å². The maximum atomic E-state index is 11.6. The van der Waals surface area contributed by atoms with Crippen molar-refractivity contribution in [3.05, 3.63) is 28.8 Å². The van der Waals surface area contributed by atoms with Gasteiger partial charge in [0.2, 0.25) is 0 Å². The zero-order chi connectivity index (χ0) is 15.1. The van der Waals surface area contributed by atoms with Crippen LogP contribution in [-0.2, 0) is 4.74 Å². The van der Waals surface area contributed by atoms with Crippen LogP contribution in [0.4, 0.5) is 10.5 Å². The highest BCUT2D eigenvalue weighted by molar-refractivity contribution is 6.33. The molecule has 0 heterocycles. The van der Waals surface area contributed by atoms with E-state index < -0.39 is 12.0 Å². The average Bonchev–Trinajstić information content (AvgIpc) is 2.39. The topological polar surface area (TPSA) is 87.7 Å². The van der Waals surface area contributed by atoms with E-state index in [0.717, 1.165) is 0 Å². The van der Waals surface area contributed by atoms with Crippen LogP contribution in [0.25, 0.3) is 0 Å². The van der Waals surface area contributed by atoms with Crippen molar-refractivity contribution in [2.75, 3.05) is 25.6 Å². The Balaban J connectivity index is 2.58. The number of ether oxygens (including phenoxy) is 1. The molecule has 0 bridgehead atoms. The van der Waals surface area contributed by atoms with E-state index in [1.165, 1.54) is 18.2 Å². The first-order valence-electron chi connectivity index (χ1n) is 6.00. The number of aromatic carboxylic acids is 1. The van der Waals surface area contributed by atoms with Gasteiger partial charge in [-0.3, -0.25) is 0 Å². The molecule has 6 nitrogen and oxygen atoms in total. The Morgan fingerprint density at radius 1 is 1.45 bits per heavy atom. The number of hydrogen-bond donors (Lipinski definition) is 3. The lowest BCUT2D eigenvalue weighted by atomic mass is 10.2. The van der Waals surface area contributed by atoms with Crippen LogP contribution in [0.5, 0.6) is 0 Å². The molecule has 0 aliphatic carbocycles. The van der Waals surface area contributed by atoms with Gasteiger partial charge in [0.05, 0.1) is 17.2 Å². The van der Waals surface area contributed by atoms with Crippen molar-refractivity contribution >= 4 is 29.3 Å². The van der Waals surface area contributed by atoms with E-state index >= 15 is 0 Å². The molecule has 0 fully saturated rings. The molecule has 20 heavy (non-hydrogen) atoms. The summed E-state index contributed by atoms with van der Waals surface area (Å²) in [7, 11) is 1.59. The summed E-state index contributed by atoms with van der Waals surface area (Å²) in [6.07, 6.45) is 0. The highest BCUT2D eigenvalue weighted by Gasteiger charge is 2.11. The number of carbonyl (C=O) groups is 2. The Bertz CT molecular complexity index is 493. The second-order valence-corrected chi connectivity index (χ2v) is 4.80. The predicted molar refractivity (Wildman–Crippen MR) is 76.5 cm³/mol. The predicted octanol–water partition coefficient (Wildman–Crippen LogP) is 2.44. The third-order valence-corrected chi connectivity index (χ3v) is 2.85. The number of hydrogen-bond acceptors (Lipinski definition) is 3. The normalized spacial score (nSPS) is 11.8. The summed E-state index contributed by atoms with van der Waals surface area (Å²) >= 11 is 5.74. The first-order valence-corrected chi connectivity index (χ1v) is 6.38. The smallest absolute Gasteiger partial charge is 0.337 e. The molecule has 0 radical (unpaired) electrons. The highest BCUT2D eigenvalue weighted by Crippen LogP contribution is 2.20. The van der Waals surface area contributed by atoms with Crippen LogP contribution in [0.1, 0.15) is 17.3 Å². The number of halogens is 1. The summed E-state index contributed by atoms with van der Waals surface area (Å²) in [5, 5.41) is 14.3. The number of urea groups is 1. The van der Waals surface area contributed by atoms with Gasteiger partial charge in [-0.05, 0) is 24.1 Å². The summed E-state index contributed by atoms with van der Waals surface area (Å²) in [5.74, 6) is -0.960. The van der Waals surface area contributed by atoms with E-state index in [1.807, 2.05) is 6.92 Å². The van der Waals surface area contributed by atoms with Gasteiger partial charge in [-0.15, -0.1) is 0 Å². The number of methoxy groups -OCH3 is 1. The fourth-order valence-electron chi connectivity index (χ4n) is 1.55. The Labute approximate surface area is 122 Å². The number of carbonyl (C=O) groups excluding carboxylic acids is 1. The van der Waals surface area contributed by atoms with Crippen molar-refractivity contribution in [1.82, 2.24) is 5.32 Å². The molecule has 0 aliphatic heterocycles. The van der Waals surface area contributed by atoms with Gasteiger partial charge in [0.25, 0.3) is 0 Å². The zero-order valence-electron chi connectivity index (χ0n) is 11.3. The Morgan fingerprint density at radius 2 is 2.15 bits per heavy atom. The van der Waals surface area contributed by atoms with Gasteiger partial charge in [0.1, 0.15) is 0 Å². The Morgan fingerprint density at radius 3 is 2.75 bits per heavy atom. The molecule has 1 aromatic carbocycles. The van der Waals surface area contributed by atoms with Gasteiger partial charge in [-0.2, -0.15) is 0 Å². The second kappa shape index (κ2) is 7.72. The number of amides is 2. The highest BCUT2D eigenvalue weighted by atomic mass is 35.5. The molecule has 2 amide bonds. The van der Waals surface area contributed by atoms with Crippen molar-refractivity contribution in [3.8, 4) is 0 Å². The fourth-order valence-corrected chi connectivity index (χ4v) is 1.75. The Kier molecular flexibility index (Phi) is 6.27. The molecule has 1 aromatic rings. The van der Waals surface area contributed by atoms with E-state index in [-0.39, 0.29) is 16.5 Å². The molecule has 0 aromatic heterocycles. The van der Waals surface area contributed by atoms with Crippen molar-refractivity contribution in [2.45, 2.75) is 6.92 Å². The summed E-state index contributed by atoms with van der Waals surface area (Å²) in [4.78, 5) is 22.6. The van der Waals surface area contributed by atoms with Crippen LogP contribution in [-0.4, -0.2) is 37.4 Å². The number of benzene rings is 1. The standard InChI is InChI=1S/C13H17ClN2O4/c1-8(7-20-2)6-15-13(19)16-9-3-4-11(14)10(5-9)12(17)18/h3-5,8H,6-7H2,1-2H3,(H,17,18)(H2,15,16,19). The summed E-state index contributed by atoms with van der Waals surface area (Å²) < 4.78 is 4.96. The quantitative estimate of drug-likeness (QED) is 0.753. The number of carboxylic acids is 1. The molecule has 3 N–H and O–H groups in total. The maximum Gasteiger partial charge on any atom is 0.337 e. The molecule has 0 saturated carbocycles. The Hall–Kier alpha value is -1.79. The van der Waals surface area contributed by atoms with Gasteiger partial charge in [0, 0.05) is 19.3 Å². The molecule has 7 heteroatoms. The van der Waals surface area contributed by atoms with E-state index in [1.54, 1.807) is 7.11 Å². The van der Waals surface area contributed by atoms with Gasteiger partial charge in [0.15, 0.2) is 0 Å². The zero-order valence-corrected chi connectivity index (χ0v) is 12.0. The first-order chi connectivity index (χ1) is 9.43. The van der Waals surface area contributed by atoms with E-state index in [4.69, 9.17) is 21.4 Å². The SMILES string of the molecule is COCC(C)CNC(=O)Nc1ccc(Cl)c(C(=O)O)c1. The largest absolute Gasteiger partial charge is 0.478 e. The van der Waals surface area contributed by atoms with Crippen LogP contribution in [0, 0.1) is 5.92 Å². The minimum Gasteiger partial charge on any atom is -0.478 e. The molecule has 0 saturated heterocycles. The average molecular weight is 301 g/mol. The minimum atomic E-state index is -1.15. The monoisotopic (exact) mass is 300 g/mol. The van der Waals surface area contributed by atoms with Gasteiger partial charge < -0.3 is 20.5 Å². The third kappa shape index (κ3) is 5.07.